The van der Waals surface area contributed by atoms with Crippen LogP contribution >= 0.6 is 11.6 Å². The van der Waals surface area contributed by atoms with Crippen LogP contribution in [0.1, 0.15) is 60.9 Å². The fourth-order valence-corrected chi connectivity index (χ4v) is 9.47. The van der Waals surface area contributed by atoms with E-state index in [2.05, 4.69) is 29.5 Å². The molecule has 4 aliphatic carbocycles. The quantitative estimate of drug-likeness (QED) is 0.364. The molecule has 0 radical (unpaired) electrons. The summed E-state index contributed by atoms with van der Waals surface area (Å²) in [5, 5.41) is 9.90. The number of anilines is 1. The minimum absolute atomic E-state index is 0.185. The van der Waals surface area contributed by atoms with Gasteiger partial charge in [0.2, 0.25) is 0 Å². The number of aromatic nitrogens is 4. The Labute approximate surface area is 233 Å². The highest BCUT2D eigenvalue weighted by molar-refractivity contribution is 6.30. The molecule has 9 rings (SSSR count). The van der Waals surface area contributed by atoms with Crippen LogP contribution in [0.4, 0.5) is 23.4 Å². The van der Waals surface area contributed by atoms with E-state index in [1.54, 1.807) is 13.0 Å². The van der Waals surface area contributed by atoms with Crippen molar-refractivity contribution in [2.75, 3.05) is 18.0 Å². The van der Waals surface area contributed by atoms with Gasteiger partial charge in [-0.1, -0.05) is 11.6 Å². The fraction of sp³-hybridized carbons (Fsp3) is 0.552. The first kappa shape index (κ1) is 23.9. The summed E-state index contributed by atoms with van der Waals surface area (Å²) in [5.41, 5.74) is 0.117. The number of benzene rings is 1. The van der Waals surface area contributed by atoms with Crippen molar-refractivity contribution >= 4 is 17.4 Å². The number of aryl methyl sites for hydroxylation is 1. The average molecular weight is 571 g/mol. The summed E-state index contributed by atoms with van der Waals surface area (Å²) in [5.74, 6) is 2.49. The van der Waals surface area contributed by atoms with Crippen molar-refractivity contribution in [3.05, 3.63) is 64.1 Å². The van der Waals surface area contributed by atoms with Gasteiger partial charge in [0.05, 0.1) is 23.3 Å². The van der Waals surface area contributed by atoms with Crippen molar-refractivity contribution in [1.29, 1.82) is 0 Å². The molecule has 2 aromatic heterocycles. The van der Waals surface area contributed by atoms with Gasteiger partial charge in [0.15, 0.2) is 5.82 Å². The maximum Gasteiger partial charge on any atom is 0.395 e. The Morgan fingerprint density at radius 3 is 2.50 bits per heavy atom. The monoisotopic (exact) mass is 570 g/mol. The zero-order chi connectivity index (χ0) is 27.4. The Morgan fingerprint density at radius 1 is 1.00 bits per heavy atom. The number of rotatable bonds is 3. The summed E-state index contributed by atoms with van der Waals surface area (Å²) in [6.07, 6.45) is -1.11. The van der Waals surface area contributed by atoms with Gasteiger partial charge in [-0.3, -0.25) is 9.47 Å². The van der Waals surface area contributed by atoms with Crippen LogP contribution in [-0.4, -0.2) is 49.5 Å². The molecule has 208 valence electrons. The molecule has 6 aliphatic rings. The normalized spacial score (nSPS) is 33.1. The van der Waals surface area contributed by atoms with Crippen LogP contribution in [-0.2, 0) is 13.1 Å². The van der Waals surface area contributed by atoms with Gasteiger partial charge in [0.25, 0.3) is 0 Å². The van der Waals surface area contributed by atoms with Gasteiger partial charge in [0.1, 0.15) is 17.5 Å². The van der Waals surface area contributed by atoms with E-state index in [1.807, 2.05) is 18.2 Å². The van der Waals surface area contributed by atoms with Crippen molar-refractivity contribution in [3.63, 3.8) is 0 Å². The topological polar surface area (TPSA) is 50.1 Å². The number of halogens is 5. The molecule has 0 amide bonds. The molecule has 3 unspecified atom stereocenters. The molecule has 6 nitrogen and oxygen atoms in total. The van der Waals surface area contributed by atoms with Crippen LogP contribution in [0.25, 0.3) is 5.69 Å². The molecule has 2 aliphatic heterocycles. The van der Waals surface area contributed by atoms with Crippen LogP contribution in [0.5, 0.6) is 0 Å². The Kier molecular flexibility index (Phi) is 4.19. The third-order valence-corrected chi connectivity index (χ3v) is 11.6. The number of hydrogen-bond donors (Lipinski definition) is 0. The molecule has 5 fully saturated rings. The second kappa shape index (κ2) is 7.01. The number of hydrogen-bond acceptors (Lipinski definition) is 5. The molecule has 3 aromatic rings. The standard InChI is InChI=1S/C29H27ClF4N6/c1-16-20(31)3-5-22(35-16)38-14-25(15-38)7-18(8-25)24-37-36-23-10-39(9-17-6-19(30)2-4-21(17)40(23)24)28-12-26(28)11-27(26,13-28)29(32,33)34/h2-6,18H,7-15H2,1H3. The van der Waals surface area contributed by atoms with Crippen LogP contribution in [0.15, 0.2) is 30.3 Å². The van der Waals surface area contributed by atoms with E-state index >= 15 is 0 Å². The van der Waals surface area contributed by atoms with Gasteiger partial charge in [-0.05, 0) is 74.9 Å². The molecule has 40 heavy (non-hydrogen) atoms. The lowest BCUT2D eigenvalue weighted by atomic mass is 9.57. The smallest absolute Gasteiger partial charge is 0.355 e. The lowest BCUT2D eigenvalue weighted by Gasteiger charge is -2.59. The van der Waals surface area contributed by atoms with Gasteiger partial charge < -0.3 is 4.90 Å². The summed E-state index contributed by atoms with van der Waals surface area (Å²) in [6, 6.07) is 9.02. The summed E-state index contributed by atoms with van der Waals surface area (Å²) in [6.45, 7) is 4.49. The fourth-order valence-electron chi connectivity index (χ4n) is 9.27. The van der Waals surface area contributed by atoms with E-state index in [-0.39, 0.29) is 30.0 Å². The molecule has 4 saturated carbocycles. The second-order valence-corrected chi connectivity index (χ2v) is 13.8. The van der Waals surface area contributed by atoms with Crippen LogP contribution in [0.3, 0.4) is 0 Å². The zero-order valence-corrected chi connectivity index (χ0v) is 22.7. The molecule has 2 spiro atoms. The Balaban J connectivity index is 0.985. The summed E-state index contributed by atoms with van der Waals surface area (Å²) in [7, 11) is 0. The predicted molar refractivity (Wildman–Crippen MR) is 139 cm³/mol. The number of pyridine rings is 1. The molecule has 0 N–H and O–H groups in total. The summed E-state index contributed by atoms with van der Waals surface area (Å²) >= 11 is 6.42. The van der Waals surface area contributed by atoms with Crippen LogP contribution in [0.2, 0.25) is 5.02 Å². The molecular weight excluding hydrogens is 544 g/mol. The maximum atomic E-state index is 13.9. The van der Waals surface area contributed by atoms with Gasteiger partial charge in [-0.15, -0.1) is 10.2 Å². The minimum atomic E-state index is -4.13. The minimum Gasteiger partial charge on any atom is -0.355 e. The largest absolute Gasteiger partial charge is 0.395 e. The number of alkyl halides is 3. The van der Waals surface area contributed by atoms with E-state index in [0.717, 1.165) is 54.6 Å². The Bertz CT molecular complexity index is 1620. The van der Waals surface area contributed by atoms with E-state index in [9.17, 15) is 17.6 Å². The van der Waals surface area contributed by atoms with Crippen molar-refractivity contribution < 1.29 is 17.6 Å². The van der Waals surface area contributed by atoms with Crippen molar-refractivity contribution in [1.82, 2.24) is 24.6 Å². The van der Waals surface area contributed by atoms with Crippen molar-refractivity contribution in [3.8, 4) is 5.69 Å². The van der Waals surface area contributed by atoms with Gasteiger partial charge >= 0.3 is 6.18 Å². The van der Waals surface area contributed by atoms with Crippen LogP contribution in [0, 0.1) is 29.0 Å². The van der Waals surface area contributed by atoms with Crippen LogP contribution < -0.4 is 4.90 Å². The Morgan fingerprint density at radius 2 is 1.80 bits per heavy atom. The lowest BCUT2D eigenvalue weighted by molar-refractivity contribution is -0.220. The molecule has 0 bridgehead atoms. The van der Waals surface area contributed by atoms with E-state index < -0.39 is 22.5 Å². The van der Waals surface area contributed by atoms with Gasteiger partial charge in [-0.25, -0.2) is 9.37 Å². The average Bonchev–Trinajstić information content (AvgIpc) is 3.53. The predicted octanol–water partition coefficient (Wildman–Crippen LogP) is 5.95. The number of nitrogens with zero attached hydrogens (tertiary/aromatic N) is 6. The Hall–Kier alpha value is -2.72. The van der Waals surface area contributed by atoms with E-state index in [1.165, 1.54) is 6.07 Å². The lowest BCUT2D eigenvalue weighted by Crippen LogP contribution is -2.62. The highest BCUT2D eigenvalue weighted by atomic mass is 35.5. The van der Waals surface area contributed by atoms with Gasteiger partial charge in [0, 0.05) is 46.9 Å². The molecule has 1 aromatic carbocycles. The second-order valence-electron chi connectivity index (χ2n) is 13.4. The maximum absolute atomic E-state index is 13.9. The van der Waals surface area contributed by atoms with Crippen molar-refractivity contribution in [2.24, 2.45) is 16.2 Å². The molecule has 3 atom stereocenters. The zero-order valence-electron chi connectivity index (χ0n) is 21.9. The first-order valence-corrected chi connectivity index (χ1v) is 14.3. The summed E-state index contributed by atoms with van der Waals surface area (Å²) in [4.78, 5) is 8.84. The van der Waals surface area contributed by atoms with E-state index in [4.69, 9.17) is 11.6 Å². The SMILES string of the molecule is Cc1nc(N2CC3(CC(c4nnc5n4-c4ccc(Cl)cc4CN(C46CC7(C(F)(F)F)CC47C6)C5)C3)C2)ccc1F. The van der Waals surface area contributed by atoms with Crippen molar-refractivity contribution in [2.45, 2.75) is 69.8 Å². The molecular formula is C29H27ClF4N6. The van der Waals surface area contributed by atoms with Gasteiger partial charge in [-0.2, -0.15) is 13.2 Å². The number of fused-ring (bicyclic) bond motifs is 3. The third-order valence-electron chi connectivity index (χ3n) is 11.3. The molecule has 1 saturated heterocycles. The highest BCUT2D eigenvalue weighted by Crippen LogP contribution is 3.00. The molecule has 4 heterocycles. The molecule has 11 heteroatoms. The summed E-state index contributed by atoms with van der Waals surface area (Å²) < 4.78 is 57.4. The van der Waals surface area contributed by atoms with E-state index in [0.29, 0.717) is 30.2 Å². The highest BCUT2D eigenvalue weighted by Gasteiger charge is 3.03. The third kappa shape index (κ3) is 2.73. The first-order valence-electron chi connectivity index (χ1n) is 13.9. The first-order chi connectivity index (χ1) is 19.0.